The van der Waals surface area contributed by atoms with E-state index in [0.29, 0.717) is 18.3 Å². The second-order valence-electron chi connectivity index (χ2n) is 7.79. The van der Waals surface area contributed by atoms with Crippen molar-refractivity contribution in [3.05, 3.63) is 23.5 Å². The third kappa shape index (κ3) is 4.68. The minimum Gasteiger partial charge on any atom is -0.491 e. The second-order valence-corrected chi connectivity index (χ2v) is 7.79. The Hall–Kier alpha value is -1.25. The van der Waals surface area contributed by atoms with E-state index in [1.165, 1.54) is 57.4 Å². The first-order chi connectivity index (χ1) is 12.2. The topological polar surface area (TPSA) is 18.5 Å². The van der Waals surface area contributed by atoms with Crippen molar-refractivity contribution in [1.29, 1.82) is 0 Å². The van der Waals surface area contributed by atoms with E-state index in [4.69, 9.17) is 9.47 Å². The quantitative estimate of drug-likeness (QED) is 0.538. The van der Waals surface area contributed by atoms with Crippen LogP contribution in [0.2, 0.25) is 0 Å². The molecule has 0 N–H and O–H groups in total. The van der Waals surface area contributed by atoms with Crippen LogP contribution in [0.25, 0.3) is 0 Å². The normalized spacial score (nSPS) is 26.0. The van der Waals surface area contributed by atoms with Crippen molar-refractivity contribution in [2.45, 2.75) is 84.2 Å². The molecule has 0 radical (unpaired) electrons. The molecule has 0 saturated heterocycles. The van der Waals surface area contributed by atoms with Gasteiger partial charge < -0.3 is 9.47 Å². The third-order valence-electron chi connectivity index (χ3n) is 6.02. The van der Waals surface area contributed by atoms with Crippen molar-refractivity contribution in [2.24, 2.45) is 11.8 Å². The van der Waals surface area contributed by atoms with Gasteiger partial charge in [-0.2, -0.15) is 0 Å². The van der Waals surface area contributed by atoms with Crippen molar-refractivity contribution in [3.8, 4) is 11.5 Å². The molecule has 0 spiro atoms. The first-order valence-corrected chi connectivity index (χ1v) is 10.3. The summed E-state index contributed by atoms with van der Waals surface area (Å²) in [5.74, 6) is 2.36. The summed E-state index contributed by atoms with van der Waals surface area (Å²) in [7, 11) is 0. The Labute approximate surface area is 152 Å². The Morgan fingerprint density at radius 3 is 2.60 bits per heavy atom. The lowest BCUT2D eigenvalue weighted by Gasteiger charge is -2.36. The van der Waals surface area contributed by atoms with Crippen LogP contribution in [0.5, 0.6) is 11.5 Å². The molecule has 0 bridgehead atoms. The van der Waals surface area contributed by atoms with E-state index in [1.807, 2.05) is 13.0 Å². The number of unbranched alkanes of at least 4 members (excludes halogenated alkanes) is 2. The molecule has 2 aliphatic rings. The van der Waals surface area contributed by atoms with Gasteiger partial charge in [-0.3, -0.25) is 0 Å². The van der Waals surface area contributed by atoms with Gasteiger partial charge in [-0.05, 0) is 56.1 Å². The molecular weight excluding hydrogens is 315 g/mol. The van der Waals surface area contributed by atoms with E-state index in [9.17, 15) is 4.39 Å². The largest absolute Gasteiger partial charge is 0.491 e. The van der Waals surface area contributed by atoms with Crippen LogP contribution < -0.4 is 9.47 Å². The number of fused-ring (bicyclic) bond motifs is 1. The van der Waals surface area contributed by atoms with Gasteiger partial charge in [0.25, 0.3) is 0 Å². The fraction of sp³-hybridized carbons (Fsp3) is 0.727. The van der Waals surface area contributed by atoms with Crippen LogP contribution in [0.4, 0.5) is 4.39 Å². The van der Waals surface area contributed by atoms with E-state index in [2.05, 4.69) is 6.92 Å². The lowest BCUT2D eigenvalue weighted by molar-refractivity contribution is 0.0750. The van der Waals surface area contributed by atoms with Crippen molar-refractivity contribution in [3.63, 3.8) is 0 Å². The number of aryl methyl sites for hydroxylation is 1. The molecule has 3 heteroatoms. The van der Waals surface area contributed by atoms with E-state index >= 15 is 0 Å². The molecule has 1 atom stereocenters. The van der Waals surface area contributed by atoms with Gasteiger partial charge in [0.15, 0.2) is 11.6 Å². The van der Waals surface area contributed by atoms with Crippen LogP contribution in [0.3, 0.4) is 0 Å². The maximum absolute atomic E-state index is 14.1. The molecule has 1 aromatic carbocycles. The van der Waals surface area contributed by atoms with Crippen molar-refractivity contribution >= 4 is 0 Å². The summed E-state index contributed by atoms with van der Waals surface area (Å²) in [4.78, 5) is 0. The lowest BCUT2D eigenvalue weighted by Crippen LogP contribution is -2.33. The monoisotopic (exact) mass is 348 g/mol. The Bertz CT molecular complexity index is 549. The van der Waals surface area contributed by atoms with E-state index in [1.54, 1.807) is 0 Å². The number of halogens is 1. The standard InChI is InChI=1S/C22H33FO2/c1-3-5-6-7-16-8-10-17(11-9-16)20-13-12-18-14-22(24-4-2)19(23)15-21(18)25-20/h14-17,20H,3-13H2,1-2H3. The second kappa shape index (κ2) is 8.91. The molecule has 3 rings (SSSR count). The van der Waals surface area contributed by atoms with Crippen LogP contribution in [-0.4, -0.2) is 12.7 Å². The Morgan fingerprint density at radius 1 is 1.08 bits per heavy atom. The molecule has 0 aromatic heterocycles. The van der Waals surface area contributed by atoms with Gasteiger partial charge in [0.05, 0.1) is 6.61 Å². The van der Waals surface area contributed by atoms with E-state index in [-0.39, 0.29) is 11.9 Å². The Morgan fingerprint density at radius 2 is 1.88 bits per heavy atom. The lowest BCUT2D eigenvalue weighted by atomic mass is 9.76. The maximum Gasteiger partial charge on any atom is 0.168 e. The van der Waals surface area contributed by atoms with E-state index < -0.39 is 0 Å². The summed E-state index contributed by atoms with van der Waals surface area (Å²) in [5.41, 5.74) is 1.09. The number of hydrogen-bond donors (Lipinski definition) is 0. The number of hydrogen-bond acceptors (Lipinski definition) is 2. The zero-order valence-electron chi connectivity index (χ0n) is 15.9. The summed E-state index contributed by atoms with van der Waals surface area (Å²) in [6.07, 6.45) is 13.0. The number of rotatable bonds is 7. The molecule has 1 saturated carbocycles. The molecule has 0 amide bonds. The van der Waals surface area contributed by atoms with Gasteiger partial charge in [-0.25, -0.2) is 4.39 Å². The first kappa shape index (κ1) is 18.5. The minimum atomic E-state index is -0.305. The number of benzene rings is 1. The molecule has 1 aliphatic heterocycles. The van der Waals surface area contributed by atoms with Crippen LogP contribution in [-0.2, 0) is 6.42 Å². The highest BCUT2D eigenvalue weighted by molar-refractivity contribution is 5.43. The maximum atomic E-state index is 14.1. The average Bonchev–Trinajstić information content (AvgIpc) is 2.63. The van der Waals surface area contributed by atoms with Gasteiger partial charge >= 0.3 is 0 Å². The smallest absolute Gasteiger partial charge is 0.168 e. The molecule has 1 heterocycles. The van der Waals surface area contributed by atoms with Gasteiger partial charge in [0.1, 0.15) is 11.9 Å². The molecular formula is C22H33FO2. The predicted octanol–water partition coefficient (Wildman–Crippen LogP) is 6.30. The SMILES string of the molecule is CCCCCC1CCC(C2CCc3cc(OCC)c(F)cc3O2)CC1. The molecule has 1 unspecified atom stereocenters. The zero-order valence-corrected chi connectivity index (χ0v) is 15.9. The summed E-state index contributed by atoms with van der Waals surface area (Å²) in [5, 5.41) is 0. The highest BCUT2D eigenvalue weighted by Crippen LogP contribution is 2.40. The van der Waals surface area contributed by atoms with Crippen LogP contribution >= 0.6 is 0 Å². The summed E-state index contributed by atoms with van der Waals surface area (Å²) in [6.45, 7) is 4.64. The van der Waals surface area contributed by atoms with Crippen molar-refractivity contribution in [2.75, 3.05) is 6.61 Å². The van der Waals surface area contributed by atoms with E-state index in [0.717, 1.165) is 30.1 Å². The molecule has 140 valence electrons. The number of ether oxygens (including phenoxy) is 2. The highest BCUT2D eigenvalue weighted by atomic mass is 19.1. The van der Waals surface area contributed by atoms with Gasteiger partial charge in [0.2, 0.25) is 0 Å². The summed E-state index contributed by atoms with van der Waals surface area (Å²) in [6, 6.07) is 3.36. The van der Waals surface area contributed by atoms with Crippen LogP contribution in [0.1, 0.15) is 77.2 Å². The molecule has 1 aromatic rings. The fourth-order valence-electron chi connectivity index (χ4n) is 4.53. The summed E-state index contributed by atoms with van der Waals surface area (Å²) >= 11 is 0. The molecule has 1 fully saturated rings. The average molecular weight is 349 g/mol. The van der Waals surface area contributed by atoms with Gasteiger partial charge in [-0.15, -0.1) is 0 Å². The van der Waals surface area contributed by atoms with Crippen molar-refractivity contribution in [1.82, 2.24) is 0 Å². The minimum absolute atomic E-state index is 0.265. The highest BCUT2D eigenvalue weighted by Gasteiger charge is 2.32. The zero-order chi connectivity index (χ0) is 17.6. The van der Waals surface area contributed by atoms with Crippen LogP contribution in [0.15, 0.2) is 12.1 Å². The predicted molar refractivity (Wildman–Crippen MR) is 99.9 cm³/mol. The molecule has 25 heavy (non-hydrogen) atoms. The van der Waals surface area contributed by atoms with Crippen LogP contribution in [0, 0.1) is 17.7 Å². The van der Waals surface area contributed by atoms with Crippen molar-refractivity contribution < 1.29 is 13.9 Å². The Balaban J connectivity index is 1.54. The summed E-state index contributed by atoms with van der Waals surface area (Å²) < 4.78 is 25.7. The van der Waals surface area contributed by atoms with Gasteiger partial charge in [0, 0.05) is 6.07 Å². The first-order valence-electron chi connectivity index (χ1n) is 10.3. The Kier molecular flexibility index (Phi) is 6.61. The third-order valence-corrected chi connectivity index (χ3v) is 6.02. The molecule has 2 nitrogen and oxygen atoms in total. The molecule has 1 aliphatic carbocycles. The van der Waals surface area contributed by atoms with Gasteiger partial charge in [-0.1, -0.05) is 45.4 Å². The fourth-order valence-corrected chi connectivity index (χ4v) is 4.53.